The summed E-state index contributed by atoms with van der Waals surface area (Å²) in [6.45, 7) is 2.96. The minimum atomic E-state index is -0.247. The predicted octanol–water partition coefficient (Wildman–Crippen LogP) is 5.11. The SMILES string of the molecule is CN(Cc1cccc(OC2CCN(C(=O)C[C@H]3NC(=O)c4ccccc43)CC2)c1)Cc1cccc2ncccc12. The molecule has 0 unspecified atom stereocenters. The van der Waals surface area contributed by atoms with Crippen LogP contribution in [0.2, 0.25) is 0 Å². The van der Waals surface area contributed by atoms with Crippen LogP contribution in [0.5, 0.6) is 5.75 Å². The molecule has 1 saturated heterocycles. The second kappa shape index (κ2) is 11.5. The van der Waals surface area contributed by atoms with Gasteiger partial charge in [0.15, 0.2) is 0 Å². The number of nitrogens with one attached hydrogen (secondary N) is 1. The van der Waals surface area contributed by atoms with E-state index in [1.165, 1.54) is 16.5 Å². The number of fused-ring (bicyclic) bond motifs is 2. The van der Waals surface area contributed by atoms with Gasteiger partial charge in [-0.05, 0) is 54.1 Å². The Labute approximate surface area is 234 Å². The fraction of sp³-hybridized carbons (Fsp3) is 0.303. The summed E-state index contributed by atoms with van der Waals surface area (Å²) < 4.78 is 6.35. The van der Waals surface area contributed by atoms with E-state index < -0.39 is 0 Å². The third-order valence-electron chi connectivity index (χ3n) is 7.89. The number of rotatable bonds is 8. The average Bonchev–Trinajstić information content (AvgIpc) is 3.28. The van der Waals surface area contributed by atoms with Gasteiger partial charge in [-0.15, -0.1) is 0 Å². The van der Waals surface area contributed by atoms with Crippen molar-refractivity contribution in [1.29, 1.82) is 0 Å². The molecule has 6 rings (SSSR count). The van der Waals surface area contributed by atoms with Crippen LogP contribution in [0.3, 0.4) is 0 Å². The lowest BCUT2D eigenvalue weighted by molar-refractivity contribution is -0.133. The van der Waals surface area contributed by atoms with Gasteiger partial charge in [-0.1, -0.05) is 48.5 Å². The zero-order chi connectivity index (χ0) is 27.5. The van der Waals surface area contributed by atoms with Crippen molar-refractivity contribution in [2.75, 3.05) is 20.1 Å². The van der Waals surface area contributed by atoms with E-state index in [-0.39, 0.29) is 24.0 Å². The summed E-state index contributed by atoms with van der Waals surface area (Å²) in [7, 11) is 2.13. The number of ether oxygens (including phenoxy) is 1. The van der Waals surface area contributed by atoms with Crippen molar-refractivity contribution in [2.24, 2.45) is 0 Å². The first-order valence-corrected chi connectivity index (χ1v) is 14.0. The maximum Gasteiger partial charge on any atom is 0.252 e. The third kappa shape index (κ3) is 5.70. The standard InChI is InChI=1S/C33H34N4O3/c1-36(22-24-8-5-13-30-27(24)12-6-16-34-30)21-23-7-4-9-26(19-23)40-25-14-17-37(18-15-25)32(38)20-31-28-10-2-3-11-29(28)33(39)35-31/h2-13,16,19,25,31H,14-15,17-18,20-22H2,1H3,(H,35,39)/t31-/m1/s1. The van der Waals surface area contributed by atoms with Gasteiger partial charge in [-0.3, -0.25) is 19.5 Å². The van der Waals surface area contributed by atoms with E-state index in [4.69, 9.17) is 4.74 Å². The van der Waals surface area contributed by atoms with Crippen molar-refractivity contribution >= 4 is 22.7 Å². The summed E-state index contributed by atoms with van der Waals surface area (Å²) in [5.41, 5.74) is 5.07. The molecule has 3 heterocycles. The zero-order valence-corrected chi connectivity index (χ0v) is 22.8. The molecule has 1 atom stereocenters. The number of hydrogen-bond donors (Lipinski definition) is 1. The molecule has 204 valence electrons. The largest absolute Gasteiger partial charge is 0.490 e. The molecule has 2 amide bonds. The molecule has 40 heavy (non-hydrogen) atoms. The Kier molecular flexibility index (Phi) is 7.47. The van der Waals surface area contributed by atoms with E-state index in [2.05, 4.69) is 52.6 Å². The molecule has 4 aromatic rings. The number of piperidine rings is 1. The number of hydrogen-bond acceptors (Lipinski definition) is 5. The molecule has 0 bridgehead atoms. The fourth-order valence-electron chi connectivity index (χ4n) is 5.88. The Morgan fingerprint density at radius 2 is 1.82 bits per heavy atom. The summed E-state index contributed by atoms with van der Waals surface area (Å²) >= 11 is 0. The monoisotopic (exact) mass is 534 g/mol. The molecule has 7 nitrogen and oxygen atoms in total. The van der Waals surface area contributed by atoms with Gasteiger partial charge < -0.3 is 15.0 Å². The Balaban J connectivity index is 1.00. The Morgan fingerprint density at radius 1 is 1.00 bits per heavy atom. The summed E-state index contributed by atoms with van der Waals surface area (Å²) in [5, 5.41) is 4.14. The second-order valence-electron chi connectivity index (χ2n) is 10.8. The lowest BCUT2D eigenvalue weighted by atomic mass is 10.0. The molecule has 0 aliphatic carbocycles. The number of aromatic nitrogens is 1. The van der Waals surface area contributed by atoms with Crippen LogP contribution < -0.4 is 10.1 Å². The van der Waals surface area contributed by atoms with Crippen LogP contribution in [0.4, 0.5) is 0 Å². The summed E-state index contributed by atoms with van der Waals surface area (Å²) in [6.07, 6.45) is 3.78. The molecule has 0 radical (unpaired) electrons. The number of carbonyl (C=O) groups excluding carboxylic acids is 2. The van der Waals surface area contributed by atoms with Crippen LogP contribution in [0.15, 0.2) is 85.1 Å². The van der Waals surface area contributed by atoms with Gasteiger partial charge in [0, 0.05) is 56.2 Å². The second-order valence-corrected chi connectivity index (χ2v) is 10.8. The van der Waals surface area contributed by atoms with E-state index in [0.29, 0.717) is 25.1 Å². The first-order chi connectivity index (χ1) is 19.5. The van der Waals surface area contributed by atoms with E-state index in [1.54, 1.807) is 0 Å². The lowest BCUT2D eigenvalue weighted by Crippen LogP contribution is -2.42. The summed E-state index contributed by atoms with van der Waals surface area (Å²) in [6, 6.07) is 26.0. The number of likely N-dealkylation sites (tertiary alicyclic amines) is 1. The van der Waals surface area contributed by atoms with E-state index in [0.717, 1.165) is 42.8 Å². The minimum Gasteiger partial charge on any atom is -0.490 e. The molecule has 2 aliphatic rings. The first kappa shape index (κ1) is 26.0. The van der Waals surface area contributed by atoms with Crippen molar-refractivity contribution < 1.29 is 14.3 Å². The number of nitrogens with zero attached hydrogens (tertiary/aromatic N) is 3. The molecule has 0 saturated carbocycles. The Bertz CT molecular complexity index is 1520. The summed E-state index contributed by atoms with van der Waals surface area (Å²) in [4.78, 5) is 33.9. The molecular weight excluding hydrogens is 500 g/mol. The molecule has 2 aliphatic heterocycles. The van der Waals surface area contributed by atoms with Gasteiger partial charge in [0.25, 0.3) is 5.91 Å². The molecule has 0 spiro atoms. The van der Waals surface area contributed by atoms with Gasteiger partial charge >= 0.3 is 0 Å². The number of pyridine rings is 1. The van der Waals surface area contributed by atoms with E-state index in [1.807, 2.05) is 59.6 Å². The third-order valence-corrected chi connectivity index (χ3v) is 7.89. The number of benzene rings is 3. The Hall–Kier alpha value is -4.23. The van der Waals surface area contributed by atoms with Crippen molar-refractivity contribution in [2.45, 2.75) is 44.5 Å². The lowest BCUT2D eigenvalue weighted by Gasteiger charge is -2.33. The van der Waals surface area contributed by atoms with Crippen LogP contribution in [-0.4, -0.2) is 52.8 Å². The molecule has 7 heteroatoms. The molecule has 3 aromatic carbocycles. The van der Waals surface area contributed by atoms with Gasteiger partial charge in [0.1, 0.15) is 11.9 Å². The smallest absolute Gasteiger partial charge is 0.252 e. The zero-order valence-electron chi connectivity index (χ0n) is 22.8. The maximum atomic E-state index is 13.0. The number of carbonyl (C=O) groups is 2. The van der Waals surface area contributed by atoms with Crippen LogP contribution in [0, 0.1) is 0 Å². The van der Waals surface area contributed by atoms with Crippen molar-refractivity contribution in [1.82, 2.24) is 20.1 Å². The highest BCUT2D eigenvalue weighted by Gasteiger charge is 2.32. The summed E-state index contributed by atoms with van der Waals surface area (Å²) in [5.74, 6) is 0.850. The predicted molar refractivity (Wildman–Crippen MR) is 155 cm³/mol. The van der Waals surface area contributed by atoms with E-state index in [9.17, 15) is 9.59 Å². The molecule has 1 N–H and O–H groups in total. The maximum absolute atomic E-state index is 13.0. The quantitative estimate of drug-likeness (QED) is 0.340. The molecular formula is C33H34N4O3. The Morgan fingerprint density at radius 3 is 2.70 bits per heavy atom. The highest BCUT2D eigenvalue weighted by atomic mass is 16.5. The molecule has 1 fully saturated rings. The van der Waals surface area contributed by atoms with Crippen molar-refractivity contribution in [3.8, 4) is 5.75 Å². The van der Waals surface area contributed by atoms with Crippen molar-refractivity contribution in [3.05, 3.63) is 107 Å². The molecule has 1 aromatic heterocycles. The van der Waals surface area contributed by atoms with Crippen LogP contribution in [-0.2, 0) is 17.9 Å². The van der Waals surface area contributed by atoms with Crippen LogP contribution in [0.25, 0.3) is 10.9 Å². The van der Waals surface area contributed by atoms with Gasteiger partial charge in [0.2, 0.25) is 5.91 Å². The topological polar surface area (TPSA) is 74.8 Å². The normalized spacial score (nSPS) is 17.2. The fourth-order valence-corrected chi connectivity index (χ4v) is 5.88. The highest BCUT2D eigenvalue weighted by molar-refractivity contribution is 5.99. The van der Waals surface area contributed by atoms with Crippen LogP contribution in [0.1, 0.15) is 52.4 Å². The van der Waals surface area contributed by atoms with E-state index >= 15 is 0 Å². The first-order valence-electron chi connectivity index (χ1n) is 14.0. The minimum absolute atomic E-state index is 0.0760. The van der Waals surface area contributed by atoms with Gasteiger partial charge in [-0.25, -0.2) is 0 Å². The van der Waals surface area contributed by atoms with Crippen LogP contribution >= 0.6 is 0 Å². The van der Waals surface area contributed by atoms with Gasteiger partial charge in [-0.2, -0.15) is 0 Å². The number of amides is 2. The van der Waals surface area contributed by atoms with Crippen molar-refractivity contribution in [3.63, 3.8) is 0 Å². The van der Waals surface area contributed by atoms with Gasteiger partial charge in [0.05, 0.1) is 18.0 Å². The highest BCUT2D eigenvalue weighted by Crippen LogP contribution is 2.29. The average molecular weight is 535 g/mol.